The Labute approximate surface area is 171 Å². The standard InChI is InChI=1S/C23H28N2O4/c1-4-22(26)25-12-11-16-7-9-19(13-18(16)15-25)24-23(27)17-8-10-20(28-5-2)21(14-17)29-6-3/h7-10,13-14H,4-6,11-12,15H2,1-3H3,(H,24,27). The molecule has 3 rings (SSSR count). The number of amides is 2. The zero-order valence-corrected chi connectivity index (χ0v) is 17.3. The van der Waals surface area contributed by atoms with Crippen LogP contribution in [0.15, 0.2) is 36.4 Å². The summed E-state index contributed by atoms with van der Waals surface area (Å²) in [5.74, 6) is 1.12. The molecule has 0 saturated heterocycles. The van der Waals surface area contributed by atoms with Crippen LogP contribution in [0.1, 0.15) is 48.7 Å². The molecule has 0 atom stereocenters. The van der Waals surface area contributed by atoms with Crippen molar-refractivity contribution in [3.8, 4) is 11.5 Å². The third-order valence-corrected chi connectivity index (χ3v) is 4.94. The smallest absolute Gasteiger partial charge is 0.255 e. The average Bonchev–Trinajstić information content (AvgIpc) is 2.74. The molecule has 0 bridgehead atoms. The Morgan fingerprint density at radius 3 is 2.45 bits per heavy atom. The number of ether oxygens (including phenoxy) is 2. The molecule has 1 N–H and O–H groups in total. The minimum Gasteiger partial charge on any atom is -0.490 e. The van der Waals surface area contributed by atoms with Crippen molar-refractivity contribution in [3.63, 3.8) is 0 Å². The SMILES string of the molecule is CCOc1ccc(C(=O)Nc2ccc3c(c2)CN(C(=O)CC)CC3)cc1OCC. The van der Waals surface area contributed by atoms with Gasteiger partial charge in [-0.1, -0.05) is 13.0 Å². The van der Waals surface area contributed by atoms with Gasteiger partial charge in [0.15, 0.2) is 11.5 Å². The van der Waals surface area contributed by atoms with E-state index in [2.05, 4.69) is 5.32 Å². The lowest BCUT2D eigenvalue weighted by Gasteiger charge is -2.29. The van der Waals surface area contributed by atoms with Crippen LogP contribution >= 0.6 is 0 Å². The number of carbonyl (C=O) groups excluding carboxylic acids is 2. The molecule has 2 amide bonds. The zero-order valence-electron chi connectivity index (χ0n) is 17.3. The normalized spacial score (nSPS) is 12.9. The maximum Gasteiger partial charge on any atom is 0.255 e. The molecule has 6 heteroatoms. The fourth-order valence-electron chi connectivity index (χ4n) is 3.47. The van der Waals surface area contributed by atoms with Crippen LogP contribution in [0.5, 0.6) is 11.5 Å². The molecule has 0 radical (unpaired) electrons. The Hall–Kier alpha value is -3.02. The first-order valence-corrected chi connectivity index (χ1v) is 10.2. The highest BCUT2D eigenvalue weighted by atomic mass is 16.5. The number of carbonyl (C=O) groups is 2. The predicted octanol–water partition coefficient (Wildman–Crippen LogP) is 4.03. The summed E-state index contributed by atoms with van der Waals surface area (Å²) in [5.41, 5.74) is 3.52. The minimum atomic E-state index is -0.216. The molecule has 1 heterocycles. The maximum atomic E-state index is 12.8. The Morgan fingerprint density at radius 2 is 1.72 bits per heavy atom. The Bertz CT molecular complexity index is 894. The van der Waals surface area contributed by atoms with Crippen LogP contribution in [0.3, 0.4) is 0 Å². The van der Waals surface area contributed by atoms with E-state index in [1.165, 1.54) is 5.56 Å². The maximum absolute atomic E-state index is 12.8. The summed E-state index contributed by atoms with van der Waals surface area (Å²) in [6, 6.07) is 11.1. The first-order valence-electron chi connectivity index (χ1n) is 10.2. The van der Waals surface area contributed by atoms with Gasteiger partial charge in [0.25, 0.3) is 5.91 Å². The summed E-state index contributed by atoms with van der Waals surface area (Å²) in [6.07, 6.45) is 1.34. The number of hydrogen-bond donors (Lipinski definition) is 1. The van der Waals surface area contributed by atoms with Crippen LogP contribution in [-0.4, -0.2) is 36.5 Å². The van der Waals surface area contributed by atoms with E-state index < -0.39 is 0 Å². The van der Waals surface area contributed by atoms with Crippen molar-refractivity contribution in [2.75, 3.05) is 25.1 Å². The Morgan fingerprint density at radius 1 is 0.966 bits per heavy atom. The van der Waals surface area contributed by atoms with Crippen LogP contribution in [-0.2, 0) is 17.8 Å². The lowest BCUT2D eigenvalue weighted by atomic mass is 9.98. The van der Waals surface area contributed by atoms with Gasteiger partial charge in [-0.15, -0.1) is 0 Å². The van der Waals surface area contributed by atoms with Gasteiger partial charge in [-0.05, 0) is 61.7 Å². The van der Waals surface area contributed by atoms with Crippen LogP contribution in [0.4, 0.5) is 5.69 Å². The van der Waals surface area contributed by atoms with Crippen LogP contribution in [0, 0.1) is 0 Å². The van der Waals surface area contributed by atoms with Gasteiger partial charge in [0.05, 0.1) is 13.2 Å². The van der Waals surface area contributed by atoms with Crippen molar-refractivity contribution in [1.82, 2.24) is 4.90 Å². The second kappa shape index (κ2) is 9.45. The largest absolute Gasteiger partial charge is 0.490 e. The first-order chi connectivity index (χ1) is 14.0. The van der Waals surface area contributed by atoms with Crippen molar-refractivity contribution >= 4 is 17.5 Å². The summed E-state index contributed by atoms with van der Waals surface area (Å²) in [7, 11) is 0. The van der Waals surface area contributed by atoms with Gasteiger partial charge in [-0.3, -0.25) is 9.59 Å². The molecule has 0 spiro atoms. The molecular formula is C23H28N2O4. The van der Waals surface area contributed by atoms with E-state index in [0.29, 0.717) is 48.9 Å². The fraction of sp³-hybridized carbons (Fsp3) is 0.391. The van der Waals surface area contributed by atoms with Gasteiger partial charge in [0.2, 0.25) is 5.91 Å². The summed E-state index contributed by atoms with van der Waals surface area (Å²) < 4.78 is 11.2. The van der Waals surface area contributed by atoms with E-state index in [-0.39, 0.29) is 11.8 Å². The lowest BCUT2D eigenvalue weighted by molar-refractivity contribution is -0.131. The lowest BCUT2D eigenvalue weighted by Crippen LogP contribution is -2.35. The topological polar surface area (TPSA) is 67.9 Å². The van der Waals surface area contributed by atoms with Gasteiger partial charge in [-0.2, -0.15) is 0 Å². The monoisotopic (exact) mass is 396 g/mol. The third-order valence-electron chi connectivity index (χ3n) is 4.94. The molecular weight excluding hydrogens is 368 g/mol. The first kappa shape index (κ1) is 20.7. The van der Waals surface area contributed by atoms with Crippen molar-refractivity contribution in [1.29, 1.82) is 0 Å². The average molecular weight is 396 g/mol. The molecule has 0 aliphatic carbocycles. The second-order valence-corrected chi connectivity index (χ2v) is 6.88. The van der Waals surface area contributed by atoms with Crippen LogP contribution in [0.2, 0.25) is 0 Å². The Balaban J connectivity index is 1.76. The molecule has 2 aromatic carbocycles. The van der Waals surface area contributed by atoms with Gasteiger partial charge >= 0.3 is 0 Å². The zero-order chi connectivity index (χ0) is 20.8. The highest BCUT2D eigenvalue weighted by Gasteiger charge is 2.20. The summed E-state index contributed by atoms with van der Waals surface area (Å²) in [5, 5.41) is 2.95. The second-order valence-electron chi connectivity index (χ2n) is 6.88. The van der Waals surface area contributed by atoms with E-state index in [4.69, 9.17) is 9.47 Å². The van der Waals surface area contributed by atoms with Crippen molar-refractivity contribution in [2.24, 2.45) is 0 Å². The molecule has 6 nitrogen and oxygen atoms in total. The van der Waals surface area contributed by atoms with Crippen LogP contribution < -0.4 is 14.8 Å². The highest BCUT2D eigenvalue weighted by Crippen LogP contribution is 2.29. The molecule has 1 aliphatic rings. The predicted molar refractivity (Wildman–Crippen MR) is 113 cm³/mol. The molecule has 0 aromatic heterocycles. The van der Waals surface area contributed by atoms with Crippen LogP contribution in [0.25, 0.3) is 0 Å². The summed E-state index contributed by atoms with van der Waals surface area (Å²) in [6.45, 7) is 8.02. The van der Waals surface area contributed by atoms with E-state index in [1.807, 2.05) is 43.9 Å². The number of rotatable bonds is 7. The number of nitrogens with one attached hydrogen (secondary N) is 1. The van der Waals surface area contributed by atoms with Gasteiger partial charge in [-0.25, -0.2) is 0 Å². The number of benzene rings is 2. The molecule has 1 aliphatic heterocycles. The summed E-state index contributed by atoms with van der Waals surface area (Å²) >= 11 is 0. The van der Waals surface area contributed by atoms with Crippen molar-refractivity contribution in [2.45, 2.75) is 40.2 Å². The molecule has 0 unspecified atom stereocenters. The molecule has 0 fully saturated rings. The Kier molecular flexibility index (Phi) is 6.75. The van der Waals surface area contributed by atoms with Gasteiger partial charge in [0, 0.05) is 30.8 Å². The molecule has 0 saturated carbocycles. The van der Waals surface area contributed by atoms with Gasteiger partial charge in [0.1, 0.15) is 0 Å². The quantitative estimate of drug-likeness (QED) is 0.767. The molecule has 2 aromatic rings. The number of nitrogens with zero attached hydrogens (tertiary/aromatic N) is 1. The summed E-state index contributed by atoms with van der Waals surface area (Å²) in [4.78, 5) is 26.6. The third kappa shape index (κ3) is 4.88. The van der Waals surface area contributed by atoms with E-state index in [1.54, 1.807) is 18.2 Å². The van der Waals surface area contributed by atoms with E-state index in [9.17, 15) is 9.59 Å². The highest BCUT2D eigenvalue weighted by molar-refractivity contribution is 6.04. The fourth-order valence-corrected chi connectivity index (χ4v) is 3.47. The number of anilines is 1. The van der Waals surface area contributed by atoms with E-state index >= 15 is 0 Å². The van der Waals surface area contributed by atoms with E-state index in [0.717, 1.165) is 18.5 Å². The molecule has 29 heavy (non-hydrogen) atoms. The van der Waals surface area contributed by atoms with Crippen molar-refractivity contribution in [3.05, 3.63) is 53.1 Å². The van der Waals surface area contributed by atoms with Crippen molar-refractivity contribution < 1.29 is 19.1 Å². The van der Waals surface area contributed by atoms with Gasteiger partial charge < -0.3 is 19.7 Å². The molecule has 154 valence electrons. The number of hydrogen-bond acceptors (Lipinski definition) is 4. The number of fused-ring (bicyclic) bond motifs is 1. The minimum absolute atomic E-state index is 0.155.